The number of aliphatic hydroxyl groups is 1. The lowest BCUT2D eigenvalue weighted by molar-refractivity contribution is 0.176. The molecule has 0 aromatic carbocycles. The van der Waals surface area contributed by atoms with E-state index in [9.17, 15) is 4.79 Å². The maximum atomic E-state index is 11.8. The highest BCUT2D eigenvalue weighted by Gasteiger charge is 2.10. The summed E-state index contributed by atoms with van der Waals surface area (Å²) in [5, 5.41) is 11.9. The zero-order valence-electron chi connectivity index (χ0n) is 17.0. The van der Waals surface area contributed by atoms with E-state index in [1.165, 1.54) is 83.5 Å². The summed E-state index contributed by atoms with van der Waals surface area (Å²) in [4.78, 5) is 13.5. The molecule has 4 heteroatoms. The van der Waals surface area contributed by atoms with Gasteiger partial charge in [-0.2, -0.15) is 0 Å². The van der Waals surface area contributed by atoms with Gasteiger partial charge in [0.1, 0.15) is 0 Å². The minimum absolute atomic E-state index is 0.0374. The molecule has 2 N–H and O–H groups in total. The Labute approximate surface area is 156 Å². The number of nitrogens with zero attached hydrogens (tertiary/aromatic N) is 1. The smallest absolute Gasteiger partial charge is 0.317 e. The second-order valence-corrected chi connectivity index (χ2v) is 7.14. The van der Waals surface area contributed by atoms with E-state index >= 15 is 0 Å². The standard InChI is InChI=1S/C21H44N2O2/c1-3-5-6-7-8-9-10-11-12-13-14-15-16-17-18-23(19-20-24)21(25)22-4-2/h24H,3-20H2,1-2H3,(H,22,25). The molecule has 150 valence electrons. The maximum absolute atomic E-state index is 11.8. The molecule has 0 aromatic heterocycles. The maximum Gasteiger partial charge on any atom is 0.317 e. The van der Waals surface area contributed by atoms with Crippen LogP contribution < -0.4 is 5.32 Å². The minimum Gasteiger partial charge on any atom is -0.395 e. The van der Waals surface area contributed by atoms with Crippen LogP contribution in [0.5, 0.6) is 0 Å². The molecule has 4 nitrogen and oxygen atoms in total. The third-order valence-corrected chi connectivity index (χ3v) is 4.77. The van der Waals surface area contributed by atoms with Gasteiger partial charge in [-0.15, -0.1) is 0 Å². The van der Waals surface area contributed by atoms with Gasteiger partial charge in [-0.1, -0.05) is 90.4 Å². The lowest BCUT2D eigenvalue weighted by atomic mass is 10.0. The molecular weight excluding hydrogens is 312 g/mol. The van der Waals surface area contributed by atoms with Crippen LogP contribution in [0, 0.1) is 0 Å². The first kappa shape index (κ1) is 24.2. The Morgan fingerprint density at radius 1 is 0.720 bits per heavy atom. The van der Waals surface area contributed by atoms with Crippen LogP contribution in [0.2, 0.25) is 0 Å². The number of aliphatic hydroxyl groups excluding tert-OH is 1. The van der Waals surface area contributed by atoms with E-state index in [0.29, 0.717) is 13.1 Å². The fourth-order valence-electron chi connectivity index (χ4n) is 3.20. The number of nitrogens with one attached hydrogen (secondary N) is 1. The van der Waals surface area contributed by atoms with Gasteiger partial charge in [0.25, 0.3) is 0 Å². The van der Waals surface area contributed by atoms with Crippen molar-refractivity contribution in [3.8, 4) is 0 Å². The zero-order valence-corrected chi connectivity index (χ0v) is 17.0. The second-order valence-electron chi connectivity index (χ2n) is 7.14. The Morgan fingerprint density at radius 2 is 1.16 bits per heavy atom. The molecule has 2 amide bonds. The molecule has 0 aliphatic rings. The third kappa shape index (κ3) is 16.4. The van der Waals surface area contributed by atoms with E-state index in [1.807, 2.05) is 6.92 Å². The van der Waals surface area contributed by atoms with Gasteiger partial charge in [-0.25, -0.2) is 4.79 Å². The molecule has 0 saturated carbocycles. The van der Waals surface area contributed by atoms with E-state index in [1.54, 1.807) is 4.90 Å². The molecule has 0 rings (SSSR count). The monoisotopic (exact) mass is 356 g/mol. The number of hydrogen-bond acceptors (Lipinski definition) is 2. The molecule has 0 bridgehead atoms. The highest BCUT2D eigenvalue weighted by Crippen LogP contribution is 2.13. The van der Waals surface area contributed by atoms with Crippen LogP contribution in [0.15, 0.2) is 0 Å². The lowest BCUT2D eigenvalue weighted by Crippen LogP contribution is -2.41. The Balaban J connectivity index is 3.35. The molecule has 0 spiro atoms. The molecule has 0 fully saturated rings. The van der Waals surface area contributed by atoms with Crippen LogP contribution in [0.4, 0.5) is 4.79 Å². The quantitative estimate of drug-likeness (QED) is 0.319. The van der Waals surface area contributed by atoms with Crippen LogP contribution in [0.25, 0.3) is 0 Å². The molecule has 0 unspecified atom stereocenters. The Bertz CT molecular complexity index is 285. The summed E-state index contributed by atoms with van der Waals surface area (Å²) < 4.78 is 0. The average Bonchev–Trinajstić information content (AvgIpc) is 2.61. The van der Waals surface area contributed by atoms with Crippen molar-refractivity contribution in [1.82, 2.24) is 10.2 Å². The summed E-state index contributed by atoms with van der Waals surface area (Å²) in [6.45, 7) is 6.06. The Kier molecular flexibility index (Phi) is 19.0. The first-order chi connectivity index (χ1) is 12.3. The molecule has 0 aromatic rings. The van der Waals surface area contributed by atoms with Crippen molar-refractivity contribution in [2.75, 3.05) is 26.2 Å². The molecule has 25 heavy (non-hydrogen) atoms. The number of unbranched alkanes of at least 4 members (excludes halogenated alkanes) is 13. The van der Waals surface area contributed by atoms with Crippen molar-refractivity contribution in [1.29, 1.82) is 0 Å². The summed E-state index contributed by atoms with van der Waals surface area (Å²) in [6.07, 6.45) is 18.8. The van der Waals surface area contributed by atoms with E-state index in [4.69, 9.17) is 5.11 Å². The predicted molar refractivity (Wildman–Crippen MR) is 108 cm³/mol. The first-order valence-corrected chi connectivity index (χ1v) is 10.9. The van der Waals surface area contributed by atoms with Crippen molar-refractivity contribution in [3.05, 3.63) is 0 Å². The molecule has 0 atom stereocenters. The molecule has 0 saturated heterocycles. The largest absolute Gasteiger partial charge is 0.395 e. The van der Waals surface area contributed by atoms with Crippen molar-refractivity contribution in [2.45, 2.75) is 104 Å². The normalized spacial score (nSPS) is 10.8. The topological polar surface area (TPSA) is 52.6 Å². The summed E-state index contributed by atoms with van der Waals surface area (Å²) >= 11 is 0. The first-order valence-electron chi connectivity index (χ1n) is 10.9. The van der Waals surface area contributed by atoms with Crippen LogP contribution in [0.3, 0.4) is 0 Å². The van der Waals surface area contributed by atoms with Gasteiger partial charge in [-0.05, 0) is 13.3 Å². The predicted octanol–water partition coefficient (Wildman–Crippen LogP) is 5.49. The van der Waals surface area contributed by atoms with Crippen molar-refractivity contribution in [3.63, 3.8) is 0 Å². The van der Waals surface area contributed by atoms with Crippen molar-refractivity contribution < 1.29 is 9.90 Å². The van der Waals surface area contributed by atoms with Gasteiger partial charge in [0.15, 0.2) is 0 Å². The SMILES string of the molecule is CCCCCCCCCCCCCCCCN(CCO)C(=O)NCC. The number of hydrogen-bond donors (Lipinski definition) is 2. The number of urea groups is 1. The van der Waals surface area contributed by atoms with Crippen LogP contribution >= 0.6 is 0 Å². The summed E-state index contributed by atoms with van der Waals surface area (Å²) in [5.74, 6) is 0. The van der Waals surface area contributed by atoms with Crippen LogP contribution in [-0.4, -0.2) is 42.3 Å². The summed E-state index contributed by atoms with van der Waals surface area (Å²) in [7, 11) is 0. The number of rotatable bonds is 18. The molecule has 0 aliphatic carbocycles. The highest BCUT2D eigenvalue weighted by atomic mass is 16.3. The summed E-state index contributed by atoms with van der Waals surface area (Å²) in [5.41, 5.74) is 0. The molecule has 0 aliphatic heterocycles. The second kappa shape index (κ2) is 19.6. The molecular formula is C21H44N2O2. The van der Waals surface area contributed by atoms with Gasteiger partial charge in [0.05, 0.1) is 6.61 Å². The van der Waals surface area contributed by atoms with Crippen molar-refractivity contribution in [2.24, 2.45) is 0 Å². The van der Waals surface area contributed by atoms with Gasteiger partial charge >= 0.3 is 6.03 Å². The van der Waals surface area contributed by atoms with Crippen molar-refractivity contribution >= 4 is 6.03 Å². The van der Waals surface area contributed by atoms with E-state index < -0.39 is 0 Å². The number of amides is 2. The lowest BCUT2D eigenvalue weighted by Gasteiger charge is -2.21. The number of carbonyl (C=O) groups is 1. The fourth-order valence-corrected chi connectivity index (χ4v) is 3.20. The van der Waals surface area contributed by atoms with E-state index in [2.05, 4.69) is 12.2 Å². The molecule has 0 radical (unpaired) electrons. The van der Waals surface area contributed by atoms with Crippen LogP contribution in [-0.2, 0) is 0 Å². The highest BCUT2D eigenvalue weighted by molar-refractivity contribution is 5.74. The Hall–Kier alpha value is -0.770. The van der Waals surface area contributed by atoms with E-state index in [-0.39, 0.29) is 12.6 Å². The number of carbonyl (C=O) groups excluding carboxylic acids is 1. The summed E-state index contributed by atoms with van der Waals surface area (Å²) in [6, 6.07) is -0.0498. The van der Waals surface area contributed by atoms with Gasteiger partial charge in [0, 0.05) is 19.6 Å². The van der Waals surface area contributed by atoms with Gasteiger partial charge in [-0.3, -0.25) is 0 Å². The Morgan fingerprint density at radius 3 is 1.56 bits per heavy atom. The fraction of sp³-hybridized carbons (Fsp3) is 0.952. The minimum atomic E-state index is -0.0498. The van der Waals surface area contributed by atoms with E-state index in [0.717, 1.165) is 13.0 Å². The zero-order chi connectivity index (χ0) is 18.6. The van der Waals surface area contributed by atoms with Gasteiger partial charge < -0.3 is 15.3 Å². The van der Waals surface area contributed by atoms with Crippen LogP contribution in [0.1, 0.15) is 104 Å². The average molecular weight is 357 g/mol. The molecule has 0 heterocycles. The third-order valence-electron chi connectivity index (χ3n) is 4.77. The van der Waals surface area contributed by atoms with Gasteiger partial charge in [0.2, 0.25) is 0 Å².